The van der Waals surface area contributed by atoms with E-state index in [0.29, 0.717) is 6.54 Å². The first kappa shape index (κ1) is 11.0. The number of fused-ring (bicyclic) bond motifs is 2. The number of ether oxygens (including phenoxy) is 2. The van der Waals surface area contributed by atoms with E-state index in [1.165, 1.54) is 0 Å². The third-order valence-electron chi connectivity index (χ3n) is 2.41. The Hall–Kier alpha value is -1.46. The Kier molecular flexibility index (Phi) is 2.89. The summed E-state index contributed by atoms with van der Waals surface area (Å²) in [6.07, 6.45) is 0.751. The van der Waals surface area contributed by atoms with E-state index >= 15 is 0 Å². The zero-order valence-electron chi connectivity index (χ0n) is 8.53. The average Bonchev–Trinajstić information content (AvgIpc) is 2.78. The minimum atomic E-state index is 0. The summed E-state index contributed by atoms with van der Waals surface area (Å²) in [6.45, 7) is 0.879. The zero-order chi connectivity index (χ0) is 10.3. The molecule has 0 fully saturated rings. The second kappa shape index (κ2) is 4.19. The number of imidazole rings is 1. The van der Waals surface area contributed by atoms with Gasteiger partial charge in [-0.3, -0.25) is 0 Å². The minimum absolute atomic E-state index is 0. The van der Waals surface area contributed by atoms with E-state index < -0.39 is 0 Å². The van der Waals surface area contributed by atoms with Gasteiger partial charge in [0.25, 0.3) is 0 Å². The highest BCUT2D eigenvalue weighted by atomic mass is 35.5. The predicted molar refractivity (Wildman–Crippen MR) is 62.2 cm³/mol. The van der Waals surface area contributed by atoms with Crippen LogP contribution in [0.15, 0.2) is 12.1 Å². The van der Waals surface area contributed by atoms with Crippen LogP contribution in [0.2, 0.25) is 0 Å². The van der Waals surface area contributed by atoms with Gasteiger partial charge < -0.3 is 20.2 Å². The molecular formula is C10H12ClN3O2. The number of aromatic nitrogens is 2. The molecule has 1 aromatic heterocycles. The van der Waals surface area contributed by atoms with Crippen molar-refractivity contribution in [2.24, 2.45) is 5.73 Å². The summed E-state index contributed by atoms with van der Waals surface area (Å²) >= 11 is 0. The molecule has 1 aromatic carbocycles. The number of hydrogen-bond donors (Lipinski definition) is 2. The largest absolute Gasteiger partial charge is 0.454 e. The van der Waals surface area contributed by atoms with Crippen LogP contribution < -0.4 is 15.2 Å². The van der Waals surface area contributed by atoms with Crippen LogP contribution in [0.1, 0.15) is 5.82 Å². The molecule has 2 aromatic rings. The molecular weight excluding hydrogens is 230 g/mol. The van der Waals surface area contributed by atoms with Gasteiger partial charge in [0.1, 0.15) is 5.82 Å². The van der Waals surface area contributed by atoms with Gasteiger partial charge in [-0.15, -0.1) is 12.4 Å². The molecule has 0 amide bonds. The molecule has 0 atom stereocenters. The number of nitrogens with zero attached hydrogens (tertiary/aromatic N) is 1. The standard InChI is InChI=1S/C10H11N3O2.ClH/c11-2-1-10-12-6-3-8-9(15-5-14-8)4-7(6)13-10;/h3-4H,1-2,5,11H2,(H,12,13);1H. The highest BCUT2D eigenvalue weighted by Crippen LogP contribution is 2.35. The van der Waals surface area contributed by atoms with Crippen molar-refractivity contribution < 1.29 is 9.47 Å². The molecule has 0 saturated carbocycles. The number of benzene rings is 1. The topological polar surface area (TPSA) is 73.2 Å². The lowest BCUT2D eigenvalue weighted by atomic mass is 10.3. The predicted octanol–water partition coefficient (Wildman–Crippen LogP) is 1.21. The molecule has 0 radical (unpaired) electrons. The van der Waals surface area contributed by atoms with E-state index in [1.807, 2.05) is 12.1 Å². The number of halogens is 1. The lowest BCUT2D eigenvalue weighted by Gasteiger charge is -1.93. The fraction of sp³-hybridized carbons (Fsp3) is 0.300. The normalized spacial score (nSPS) is 12.8. The summed E-state index contributed by atoms with van der Waals surface area (Å²) < 4.78 is 10.6. The first-order chi connectivity index (χ1) is 7.36. The number of nitrogens with two attached hydrogens (primary N) is 1. The first-order valence-corrected chi connectivity index (χ1v) is 4.85. The van der Waals surface area contributed by atoms with Crippen molar-refractivity contribution >= 4 is 23.4 Å². The summed E-state index contributed by atoms with van der Waals surface area (Å²) in [7, 11) is 0. The lowest BCUT2D eigenvalue weighted by Crippen LogP contribution is -2.03. The van der Waals surface area contributed by atoms with Crippen molar-refractivity contribution in [1.82, 2.24) is 9.97 Å². The fourth-order valence-corrected chi connectivity index (χ4v) is 1.71. The van der Waals surface area contributed by atoms with Crippen LogP contribution in [0.4, 0.5) is 0 Å². The van der Waals surface area contributed by atoms with Crippen molar-refractivity contribution in [2.75, 3.05) is 13.3 Å². The van der Waals surface area contributed by atoms with Crippen molar-refractivity contribution in [1.29, 1.82) is 0 Å². The molecule has 5 nitrogen and oxygen atoms in total. The molecule has 0 bridgehead atoms. The van der Waals surface area contributed by atoms with E-state index in [4.69, 9.17) is 15.2 Å². The maximum atomic E-state index is 5.47. The molecule has 3 N–H and O–H groups in total. The average molecular weight is 242 g/mol. The van der Waals surface area contributed by atoms with Crippen LogP contribution in [-0.4, -0.2) is 23.3 Å². The van der Waals surface area contributed by atoms with Gasteiger partial charge in [-0.05, 0) is 6.54 Å². The summed E-state index contributed by atoms with van der Waals surface area (Å²) in [5.74, 6) is 2.43. The van der Waals surface area contributed by atoms with E-state index in [0.717, 1.165) is 34.8 Å². The molecule has 0 aliphatic carbocycles. The van der Waals surface area contributed by atoms with Gasteiger partial charge in [0, 0.05) is 18.6 Å². The molecule has 0 unspecified atom stereocenters. The van der Waals surface area contributed by atoms with Gasteiger partial charge in [-0.1, -0.05) is 0 Å². The Balaban J connectivity index is 0.000000963. The van der Waals surface area contributed by atoms with Crippen LogP contribution in [0.3, 0.4) is 0 Å². The monoisotopic (exact) mass is 241 g/mol. The number of hydrogen-bond acceptors (Lipinski definition) is 4. The van der Waals surface area contributed by atoms with Gasteiger partial charge in [-0.25, -0.2) is 4.98 Å². The van der Waals surface area contributed by atoms with E-state index in [9.17, 15) is 0 Å². The lowest BCUT2D eigenvalue weighted by molar-refractivity contribution is 0.174. The zero-order valence-corrected chi connectivity index (χ0v) is 9.34. The second-order valence-electron chi connectivity index (χ2n) is 3.44. The molecule has 0 spiro atoms. The molecule has 16 heavy (non-hydrogen) atoms. The fourth-order valence-electron chi connectivity index (χ4n) is 1.71. The minimum Gasteiger partial charge on any atom is -0.454 e. The molecule has 0 saturated heterocycles. The van der Waals surface area contributed by atoms with Crippen LogP contribution in [-0.2, 0) is 6.42 Å². The Bertz CT molecular complexity index is 471. The van der Waals surface area contributed by atoms with Gasteiger partial charge in [-0.2, -0.15) is 0 Å². The first-order valence-electron chi connectivity index (χ1n) is 4.85. The Morgan fingerprint density at radius 1 is 1.31 bits per heavy atom. The molecule has 3 rings (SSSR count). The summed E-state index contributed by atoms with van der Waals surface area (Å²) in [5.41, 5.74) is 7.32. The quantitative estimate of drug-likeness (QED) is 0.829. The number of aromatic amines is 1. The van der Waals surface area contributed by atoms with Crippen molar-refractivity contribution in [2.45, 2.75) is 6.42 Å². The maximum absolute atomic E-state index is 5.47. The third-order valence-corrected chi connectivity index (χ3v) is 2.41. The molecule has 86 valence electrons. The van der Waals surface area contributed by atoms with Gasteiger partial charge in [0.2, 0.25) is 6.79 Å². The highest BCUT2D eigenvalue weighted by molar-refractivity contribution is 5.85. The molecule has 2 heterocycles. The highest BCUT2D eigenvalue weighted by Gasteiger charge is 2.15. The molecule has 1 aliphatic rings. The Morgan fingerprint density at radius 2 is 2.06 bits per heavy atom. The van der Waals surface area contributed by atoms with Crippen molar-refractivity contribution in [3.63, 3.8) is 0 Å². The Labute approximate surface area is 98.4 Å². The van der Waals surface area contributed by atoms with Gasteiger partial charge in [0.15, 0.2) is 11.5 Å². The van der Waals surface area contributed by atoms with Crippen molar-refractivity contribution in [3.8, 4) is 11.5 Å². The third kappa shape index (κ3) is 1.68. The van der Waals surface area contributed by atoms with Crippen LogP contribution in [0.25, 0.3) is 11.0 Å². The van der Waals surface area contributed by atoms with Gasteiger partial charge in [0.05, 0.1) is 11.0 Å². The smallest absolute Gasteiger partial charge is 0.231 e. The summed E-state index contributed by atoms with van der Waals surface area (Å²) in [6, 6.07) is 3.79. The number of rotatable bonds is 2. The van der Waals surface area contributed by atoms with E-state index in [2.05, 4.69) is 9.97 Å². The van der Waals surface area contributed by atoms with E-state index in [1.54, 1.807) is 0 Å². The van der Waals surface area contributed by atoms with Crippen LogP contribution in [0, 0.1) is 0 Å². The number of H-pyrrole nitrogens is 1. The van der Waals surface area contributed by atoms with Gasteiger partial charge >= 0.3 is 0 Å². The molecule has 1 aliphatic heterocycles. The maximum Gasteiger partial charge on any atom is 0.231 e. The number of nitrogens with one attached hydrogen (secondary N) is 1. The Morgan fingerprint density at radius 3 is 2.81 bits per heavy atom. The summed E-state index contributed by atoms with van der Waals surface area (Å²) in [5, 5.41) is 0. The van der Waals surface area contributed by atoms with E-state index in [-0.39, 0.29) is 19.2 Å². The SMILES string of the molecule is Cl.NCCc1nc2cc3c(cc2[nH]1)OCO3. The van der Waals surface area contributed by atoms with Crippen LogP contribution in [0.5, 0.6) is 11.5 Å². The summed E-state index contributed by atoms with van der Waals surface area (Å²) in [4.78, 5) is 7.61. The van der Waals surface area contributed by atoms with Crippen molar-refractivity contribution in [3.05, 3.63) is 18.0 Å². The van der Waals surface area contributed by atoms with Crippen LogP contribution >= 0.6 is 12.4 Å². The molecule has 6 heteroatoms. The second-order valence-corrected chi connectivity index (χ2v) is 3.44.